The number of aromatic nitrogens is 2. The molecule has 1 heterocycles. The Kier molecular flexibility index (Phi) is 3.53. The minimum Gasteiger partial charge on any atom is -0.364 e. The zero-order chi connectivity index (χ0) is 9.84. The van der Waals surface area contributed by atoms with Gasteiger partial charge in [-0.15, -0.1) is 0 Å². The predicted molar refractivity (Wildman–Crippen MR) is 49.0 cm³/mol. The van der Waals surface area contributed by atoms with Crippen molar-refractivity contribution in [2.75, 3.05) is 11.9 Å². The fourth-order valence-electron chi connectivity index (χ4n) is 0.804. The third-order valence-electron chi connectivity index (χ3n) is 1.24. The Hall–Kier alpha value is -0.780. The highest BCUT2D eigenvalue weighted by Gasteiger charge is 2.03. The Bertz CT molecular complexity index is 273. The van der Waals surface area contributed by atoms with Crippen LogP contribution >= 0.6 is 15.9 Å². The van der Waals surface area contributed by atoms with Gasteiger partial charge < -0.3 is 5.32 Å². The standard InChI is InChI=1S/C7H8BrF2N3/c1-4-12-5(8)2-7(13-4)11-3-6(9)10/h2,6H,3H2,1H3,(H,11,12,13). The van der Waals surface area contributed by atoms with Gasteiger partial charge >= 0.3 is 0 Å². The van der Waals surface area contributed by atoms with Gasteiger partial charge in [0.2, 0.25) is 0 Å². The highest BCUT2D eigenvalue weighted by molar-refractivity contribution is 9.10. The third kappa shape index (κ3) is 3.63. The molecule has 1 N–H and O–H groups in total. The van der Waals surface area contributed by atoms with Crippen LogP contribution in [-0.2, 0) is 0 Å². The van der Waals surface area contributed by atoms with Crippen LogP contribution in [0.4, 0.5) is 14.6 Å². The van der Waals surface area contributed by atoms with Crippen LogP contribution in [0.25, 0.3) is 0 Å². The van der Waals surface area contributed by atoms with E-state index in [0.29, 0.717) is 16.2 Å². The number of nitrogens with one attached hydrogen (secondary N) is 1. The molecule has 0 aliphatic rings. The first-order chi connectivity index (χ1) is 6.08. The van der Waals surface area contributed by atoms with Crippen molar-refractivity contribution in [1.29, 1.82) is 0 Å². The van der Waals surface area contributed by atoms with E-state index in [-0.39, 0.29) is 0 Å². The number of aryl methyl sites for hydroxylation is 1. The summed E-state index contributed by atoms with van der Waals surface area (Å²) < 4.78 is 24.2. The van der Waals surface area contributed by atoms with Crippen molar-refractivity contribution in [3.63, 3.8) is 0 Å². The molecule has 0 bridgehead atoms. The van der Waals surface area contributed by atoms with Crippen molar-refractivity contribution in [3.05, 3.63) is 16.5 Å². The van der Waals surface area contributed by atoms with Gasteiger partial charge in [0.25, 0.3) is 6.43 Å². The molecule has 3 nitrogen and oxygen atoms in total. The van der Waals surface area contributed by atoms with Crippen molar-refractivity contribution < 1.29 is 8.78 Å². The first kappa shape index (κ1) is 10.3. The lowest BCUT2D eigenvalue weighted by Crippen LogP contribution is -2.11. The molecule has 1 rings (SSSR count). The van der Waals surface area contributed by atoms with E-state index in [0.717, 1.165) is 0 Å². The zero-order valence-electron chi connectivity index (χ0n) is 6.89. The summed E-state index contributed by atoms with van der Waals surface area (Å²) in [5.41, 5.74) is 0. The molecule has 6 heteroatoms. The normalized spacial score (nSPS) is 10.5. The highest BCUT2D eigenvalue weighted by atomic mass is 79.9. The number of nitrogens with zero attached hydrogens (tertiary/aromatic N) is 2. The summed E-state index contributed by atoms with van der Waals surface area (Å²) in [7, 11) is 0. The minimum atomic E-state index is -2.38. The Balaban J connectivity index is 2.66. The molecule has 1 aromatic heterocycles. The third-order valence-corrected chi connectivity index (χ3v) is 1.65. The fraction of sp³-hybridized carbons (Fsp3) is 0.429. The number of hydrogen-bond acceptors (Lipinski definition) is 3. The second-order valence-corrected chi connectivity index (χ2v) is 3.21. The molecule has 0 unspecified atom stereocenters. The summed E-state index contributed by atoms with van der Waals surface area (Å²) in [5, 5.41) is 2.49. The smallest absolute Gasteiger partial charge is 0.255 e. The lowest BCUT2D eigenvalue weighted by molar-refractivity contribution is 0.163. The van der Waals surface area contributed by atoms with E-state index >= 15 is 0 Å². The monoisotopic (exact) mass is 251 g/mol. The van der Waals surface area contributed by atoms with Crippen molar-refractivity contribution in [2.45, 2.75) is 13.3 Å². The first-order valence-electron chi connectivity index (χ1n) is 3.61. The zero-order valence-corrected chi connectivity index (χ0v) is 8.48. The molecule has 0 atom stereocenters. The van der Waals surface area contributed by atoms with E-state index in [1.54, 1.807) is 13.0 Å². The summed E-state index contributed by atoms with van der Waals surface area (Å²) in [6.07, 6.45) is -2.38. The summed E-state index contributed by atoms with van der Waals surface area (Å²) in [5.74, 6) is 0.936. The average Bonchev–Trinajstić information content (AvgIpc) is 1.99. The largest absolute Gasteiger partial charge is 0.364 e. The number of hydrogen-bond donors (Lipinski definition) is 1. The average molecular weight is 252 g/mol. The summed E-state index contributed by atoms with van der Waals surface area (Å²) in [6, 6.07) is 1.55. The van der Waals surface area contributed by atoms with Gasteiger partial charge in [0.1, 0.15) is 16.2 Å². The maximum Gasteiger partial charge on any atom is 0.255 e. The molecular formula is C7H8BrF2N3. The quantitative estimate of drug-likeness (QED) is 0.838. The van der Waals surface area contributed by atoms with Crippen LogP contribution in [0, 0.1) is 6.92 Å². The van der Waals surface area contributed by atoms with Crippen molar-refractivity contribution in [3.8, 4) is 0 Å². The maximum absolute atomic E-state index is 11.8. The van der Waals surface area contributed by atoms with Gasteiger partial charge in [-0.2, -0.15) is 0 Å². The van der Waals surface area contributed by atoms with Crippen molar-refractivity contribution in [2.24, 2.45) is 0 Å². The van der Waals surface area contributed by atoms with Gasteiger partial charge in [-0.25, -0.2) is 18.7 Å². The van der Waals surface area contributed by atoms with Crippen molar-refractivity contribution in [1.82, 2.24) is 9.97 Å². The van der Waals surface area contributed by atoms with E-state index < -0.39 is 13.0 Å². The number of halogens is 3. The molecule has 0 spiro atoms. The number of alkyl halides is 2. The topological polar surface area (TPSA) is 37.8 Å². The van der Waals surface area contributed by atoms with Crippen LogP contribution in [0.1, 0.15) is 5.82 Å². The van der Waals surface area contributed by atoms with E-state index in [2.05, 4.69) is 31.2 Å². The highest BCUT2D eigenvalue weighted by Crippen LogP contribution is 2.11. The van der Waals surface area contributed by atoms with Gasteiger partial charge in [0, 0.05) is 6.07 Å². The minimum absolute atomic E-state index is 0.400. The Labute approximate surface area is 82.7 Å². The summed E-state index contributed by atoms with van der Waals surface area (Å²) >= 11 is 3.14. The lowest BCUT2D eigenvalue weighted by atomic mass is 10.5. The molecule has 0 aliphatic heterocycles. The fourth-order valence-corrected chi connectivity index (χ4v) is 1.28. The molecule has 0 radical (unpaired) electrons. The van der Waals surface area contributed by atoms with E-state index in [9.17, 15) is 8.78 Å². The van der Waals surface area contributed by atoms with E-state index in [4.69, 9.17) is 0 Å². The second-order valence-electron chi connectivity index (χ2n) is 2.40. The van der Waals surface area contributed by atoms with E-state index in [1.807, 2.05) is 0 Å². The van der Waals surface area contributed by atoms with Gasteiger partial charge in [-0.3, -0.25) is 0 Å². The van der Waals surface area contributed by atoms with Gasteiger partial charge in [-0.05, 0) is 22.9 Å². The van der Waals surface area contributed by atoms with Gasteiger partial charge in [0.05, 0.1) is 6.54 Å². The molecule has 13 heavy (non-hydrogen) atoms. The summed E-state index contributed by atoms with van der Waals surface area (Å²) in [4.78, 5) is 7.86. The Morgan fingerprint density at radius 2 is 2.23 bits per heavy atom. The Morgan fingerprint density at radius 1 is 1.54 bits per heavy atom. The van der Waals surface area contributed by atoms with Crippen LogP contribution in [0.2, 0.25) is 0 Å². The molecule has 0 amide bonds. The molecule has 0 saturated heterocycles. The molecule has 0 fully saturated rings. The Morgan fingerprint density at radius 3 is 2.77 bits per heavy atom. The SMILES string of the molecule is Cc1nc(Br)cc(NCC(F)F)n1. The number of rotatable bonds is 3. The molecule has 72 valence electrons. The van der Waals surface area contributed by atoms with Crippen LogP contribution in [-0.4, -0.2) is 22.9 Å². The van der Waals surface area contributed by atoms with Crippen LogP contribution in [0.3, 0.4) is 0 Å². The molecule has 1 aromatic rings. The number of anilines is 1. The second kappa shape index (κ2) is 4.45. The van der Waals surface area contributed by atoms with Gasteiger partial charge in [-0.1, -0.05) is 0 Å². The van der Waals surface area contributed by atoms with Crippen LogP contribution in [0.15, 0.2) is 10.7 Å². The maximum atomic E-state index is 11.8. The van der Waals surface area contributed by atoms with E-state index in [1.165, 1.54) is 0 Å². The predicted octanol–water partition coefficient (Wildman–Crippen LogP) is 2.22. The van der Waals surface area contributed by atoms with Crippen LogP contribution in [0.5, 0.6) is 0 Å². The molecule has 0 saturated carbocycles. The van der Waals surface area contributed by atoms with Crippen molar-refractivity contribution >= 4 is 21.7 Å². The molecule has 0 aromatic carbocycles. The molecular weight excluding hydrogens is 244 g/mol. The first-order valence-corrected chi connectivity index (χ1v) is 4.40. The summed E-state index contributed by atoms with van der Waals surface area (Å²) in [6.45, 7) is 1.29. The molecule has 0 aliphatic carbocycles. The van der Waals surface area contributed by atoms with Gasteiger partial charge in [0.15, 0.2) is 0 Å². The lowest BCUT2D eigenvalue weighted by Gasteiger charge is -2.05. The van der Waals surface area contributed by atoms with Crippen LogP contribution < -0.4 is 5.32 Å².